The van der Waals surface area contributed by atoms with Crippen LogP contribution in [-0.2, 0) is 11.3 Å². The van der Waals surface area contributed by atoms with Crippen LogP contribution in [0.4, 0.5) is 0 Å². The van der Waals surface area contributed by atoms with Crippen LogP contribution in [0.5, 0.6) is 0 Å². The minimum absolute atomic E-state index is 0.116. The predicted octanol–water partition coefficient (Wildman–Crippen LogP) is 2.47. The van der Waals surface area contributed by atoms with Gasteiger partial charge in [-0.25, -0.2) is 0 Å². The van der Waals surface area contributed by atoms with Crippen molar-refractivity contribution >= 4 is 17.5 Å². The average Bonchev–Trinajstić information content (AvgIpc) is 2.27. The van der Waals surface area contributed by atoms with E-state index in [-0.39, 0.29) is 5.91 Å². The van der Waals surface area contributed by atoms with Crippen molar-refractivity contribution in [2.45, 2.75) is 38.8 Å². The monoisotopic (exact) mass is 254 g/mol. The Morgan fingerprint density at radius 2 is 2.00 bits per heavy atom. The van der Waals surface area contributed by atoms with Crippen LogP contribution in [0.1, 0.15) is 32.3 Å². The lowest BCUT2D eigenvalue weighted by Crippen LogP contribution is -2.51. The second-order valence-electron chi connectivity index (χ2n) is 4.48. The molecule has 1 rings (SSSR count). The fraction of sp³-hybridized carbons (Fsp3) is 0.462. The molecular weight excluding hydrogens is 236 g/mol. The van der Waals surface area contributed by atoms with E-state index in [1.807, 2.05) is 19.1 Å². The van der Waals surface area contributed by atoms with Crippen molar-refractivity contribution in [3.63, 3.8) is 0 Å². The van der Waals surface area contributed by atoms with Gasteiger partial charge in [-0.2, -0.15) is 0 Å². The minimum atomic E-state index is -0.791. The highest BCUT2D eigenvalue weighted by Gasteiger charge is 2.26. The average molecular weight is 255 g/mol. The number of halogens is 1. The van der Waals surface area contributed by atoms with Crippen LogP contribution < -0.4 is 11.1 Å². The number of benzene rings is 1. The standard InChI is InChI=1S/C13H19ClN2O/c1-3-8-13(2,15)12(17)16-9-10-4-6-11(14)7-5-10/h4-7H,3,8-9,15H2,1-2H3,(H,16,17). The number of nitrogens with one attached hydrogen (secondary N) is 1. The van der Waals surface area contributed by atoms with Gasteiger partial charge < -0.3 is 11.1 Å². The van der Waals surface area contributed by atoms with Gasteiger partial charge in [0.25, 0.3) is 0 Å². The van der Waals surface area contributed by atoms with Crippen molar-refractivity contribution in [3.05, 3.63) is 34.9 Å². The first-order valence-corrected chi connectivity index (χ1v) is 6.15. The van der Waals surface area contributed by atoms with Crippen molar-refractivity contribution in [3.8, 4) is 0 Å². The van der Waals surface area contributed by atoms with Crippen LogP contribution in [0, 0.1) is 0 Å². The van der Waals surface area contributed by atoms with Gasteiger partial charge in [0.05, 0.1) is 5.54 Å². The summed E-state index contributed by atoms with van der Waals surface area (Å²) < 4.78 is 0. The summed E-state index contributed by atoms with van der Waals surface area (Å²) in [7, 11) is 0. The molecule has 1 unspecified atom stereocenters. The lowest BCUT2D eigenvalue weighted by atomic mass is 9.96. The number of hydrogen-bond acceptors (Lipinski definition) is 2. The Balaban J connectivity index is 2.50. The van der Waals surface area contributed by atoms with Crippen LogP contribution in [0.15, 0.2) is 24.3 Å². The molecule has 0 saturated heterocycles. The third-order valence-corrected chi connectivity index (χ3v) is 2.91. The van der Waals surface area contributed by atoms with Gasteiger partial charge in [0.1, 0.15) is 0 Å². The molecule has 1 aromatic rings. The topological polar surface area (TPSA) is 55.1 Å². The molecule has 0 spiro atoms. The molecule has 0 aliphatic rings. The van der Waals surface area contributed by atoms with Gasteiger partial charge in [-0.05, 0) is 31.0 Å². The maximum atomic E-state index is 11.8. The van der Waals surface area contributed by atoms with E-state index < -0.39 is 5.54 Å². The summed E-state index contributed by atoms with van der Waals surface area (Å²) >= 11 is 5.78. The third kappa shape index (κ3) is 4.36. The Morgan fingerprint density at radius 3 is 2.53 bits per heavy atom. The molecule has 1 amide bonds. The lowest BCUT2D eigenvalue weighted by Gasteiger charge is -2.22. The number of hydrogen-bond donors (Lipinski definition) is 2. The highest BCUT2D eigenvalue weighted by atomic mass is 35.5. The Hall–Kier alpha value is -1.06. The van der Waals surface area contributed by atoms with E-state index >= 15 is 0 Å². The highest BCUT2D eigenvalue weighted by molar-refractivity contribution is 6.30. The van der Waals surface area contributed by atoms with Crippen molar-refractivity contribution < 1.29 is 4.79 Å². The molecule has 0 heterocycles. The first-order valence-electron chi connectivity index (χ1n) is 5.77. The highest BCUT2D eigenvalue weighted by Crippen LogP contribution is 2.11. The van der Waals surface area contributed by atoms with Crippen molar-refractivity contribution in [2.75, 3.05) is 0 Å². The van der Waals surface area contributed by atoms with E-state index in [9.17, 15) is 4.79 Å². The molecule has 3 N–H and O–H groups in total. The fourth-order valence-electron chi connectivity index (χ4n) is 1.62. The molecule has 94 valence electrons. The van der Waals surface area contributed by atoms with Crippen LogP contribution in [-0.4, -0.2) is 11.4 Å². The van der Waals surface area contributed by atoms with Gasteiger partial charge in [0, 0.05) is 11.6 Å². The van der Waals surface area contributed by atoms with Crippen molar-refractivity contribution in [1.82, 2.24) is 5.32 Å². The molecule has 0 radical (unpaired) electrons. The molecule has 4 heteroatoms. The number of carbonyl (C=O) groups excluding carboxylic acids is 1. The number of rotatable bonds is 5. The molecule has 3 nitrogen and oxygen atoms in total. The zero-order valence-corrected chi connectivity index (χ0v) is 11.1. The van der Waals surface area contributed by atoms with E-state index in [0.29, 0.717) is 18.0 Å². The van der Waals surface area contributed by atoms with E-state index in [4.69, 9.17) is 17.3 Å². The largest absolute Gasteiger partial charge is 0.350 e. The molecule has 0 bridgehead atoms. The second-order valence-corrected chi connectivity index (χ2v) is 4.91. The Bertz CT molecular complexity index is 374. The first kappa shape index (κ1) is 14.0. The molecule has 0 aromatic heterocycles. The van der Waals surface area contributed by atoms with Gasteiger partial charge in [0.2, 0.25) is 5.91 Å². The maximum Gasteiger partial charge on any atom is 0.240 e. The van der Waals surface area contributed by atoms with Gasteiger partial charge in [-0.15, -0.1) is 0 Å². The van der Waals surface area contributed by atoms with Crippen molar-refractivity contribution in [2.24, 2.45) is 5.73 Å². The molecule has 0 aliphatic heterocycles. The third-order valence-electron chi connectivity index (χ3n) is 2.65. The second kappa shape index (κ2) is 6.03. The number of amides is 1. The van der Waals surface area contributed by atoms with E-state index in [1.165, 1.54) is 0 Å². The van der Waals surface area contributed by atoms with Gasteiger partial charge >= 0.3 is 0 Å². The SMILES string of the molecule is CCCC(C)(N)C(=O)NCc1ccc(Cl)cc1. The quantitative estimate of drug-likeness (QED) is 0.848. The van der Waals surface area contributed by atoms with Crippen LogP contribution >= 0.6 is 11.6 Å². The molecule has 0 fully saturated rings. The summed E-state index contributed by atoms with van der Waals surface area (Å²) in [4.78, 5) is 11.8. The molecule has 1 aromatic carbocycles. The summed E-state index contributed by atoms with van der Waals surface area (Å²) in [5, 5.41) is 3.53. The van der Waals surface area contributed by atoms with Crippen molar-refractivity contribution in [1.29, 1.82) is 0 Å². The van der Waals surface area contributed by atoms with Crippen LogP contribution in [0.3, 0.4) is 0 Å². The first-order chi connectivity index (χ1) is 7.95. The summed E-state index contributed by atoms with van der Waals surface area (Å²) in [6.07, 6.45) is 1.57. The van der Waals surface area contributed by atoms with E-state index in [1.54, 1.807) is 19.1 Å². The molecule has 1 atom stereocenters. The molecule has 0 saturated carbocycles. The maximum absolute atomic E-state index is 11.8. The van der Waals surface area contributed by atoms with Gasteiger partial charge in [0.15, 0.2) is 0 Å². The van der Waals surface area contributed by atoms with Crippen LogP contribution in [0.25, 0.3) is 0 Å². The molecule has 0 aliphatic carbocycles. The Kier molecular flexibility index (Phi) is 4.97. The summed E-state index contributed by atoms with van der Waals surface area (Å²) in [6.45, 7) is 4.25. The Morgan fingerprint density at radius 1 is 1.41 bits per heavy atom. The fourth-order valence-corrected chi connectivity index (χ4v) is 1.75. The summed E-state index contributed by atoms with van der Waals surface area (Å²) in [6, 6.07) is 7.38. The van der Waals surface area contributed by atoms with Crippen LogP contribution in [0.2, 0.25) is 5.02 Å². The Labute approximate surface area is 107 Å². The number of nitrogens with two attached hydrogens (primary N) is 1. The molecular formula is C13H19ClN2O. The zero-order chi connectivity index (χ0) is 12.9. The zero-order valence-electron chi connectivity index (χ0n) is 10.3. The normalized spacial score (nSPS) is 14.1. The minimum Gasteiger partial charge on any atom is -0.350 e. The summed E-state index contributed by atoms with van der Waals surface area (Å²) in [5.41, 5.74) is 6.14. The van der Waals surface area contributed by atoms with Gasteiger partial charge in [-0.1, -0.05) is 37.1 Å². The van der Waals surface area contributed by atoms with E-state index in [0.717, 1.165) is 12.0 Å². The molecule has 17 heavy (non-hydrogen) atoms. The van der Waals surface area contributed by atoms with Gasteiger partial charge in [-0.3, -0.25) is 4.79 Å². The summed E-state index contributed by atoms with van der Waals surface area (Å²) in [5.74, 6) is -0.116. The predicted molar refractivity (Wildman–Crippen MR) is 70.8 cm³/mol. The number of carbonyl (C=O) groups is 1. The lowest BCUT2D eigenvalue weighted by molar-refractivity contribution is -0.126. The van der Waals surface area contributed by atoms with E-state index in [2.05, 4.69) is 5.32 Å². The smallest absolute Gasteiger partial charge is 0.240 e.